The van der Waals surface area contributed by atoms with Crippen LogP contribution in [0.5, 0.6) is 0 Å². The summed E-state index contributed by atoms with van der Waals surface area (Å²) < 4.78 is 0. The third-order valence-electron chi connectivity index (χ3n) is 2.88. The summed E-state index contributed by atoms with van der Waals surface area (Å²) in [6.07, 6.45) is 7.50. The summed E-state index contributed by atoms with van der Waals surface area (Å²) in [5, 5.41) is 0. The van der Waals surface area contributed by atoms with Crippen LogP contribution in [0, 0.1) is 12.8 Å². The van der Waals surface area contributed by atoms with Gasteiger partial charge in [0, 0.05) is 0 Å². The largest absolute Gasteiger partial charge is 0.368 e. The van der Waals surface area contributed by atoms with Crippen molar-refractivity contribution in [3.8, 4) is 0 Å². The number of hydrogen-bond donors (Lipinski definition) is 2. The Hall–Kier alpha value is -1.65. The Bertz CT molecular complexity index is 487. The average Bonchev–Trinajstić information content (AvgIpc) is 2.95. The second-order valence-corrected chi connectivity index (χ2v) is 4.50. The van der Waals surface area contributed by atoms with E-state index in [-0.39, 0.29) is 5.95 Å². The standard InChI is InChI=1S/C6H7N5.C6H12/c1-3-4-5(9-2-8-4)11-6(7)10-3;1-2-3-6-4-5-6/h2H,1H3,(H3,7,8,9,10,11);6H,2-5H2,1H3. The normalized spacial score (nSPS) is 14.5. The topological polar surface area (TPSA) is 80.5 Å². The molecule has 0 aliphatic heterocycles. The second kappa shape index (κ2) is 5.12. The molecule has 2 aromatic heterocycles. The summed E-state index contributed by atoms with van der Waals surface area (Å²) >= 11 is 0. The van der Waals surface area contributed by atoms with Gasteiger partial charge < -0.3 is 10.7 Å². The van der Waals surface area contributed by atoms with Crippen molar-refractivity contribution in [1.29, 1.82) is 0 Å². The van der Waals surface area contributed by atoms with Crippen LogP contribution in [0.2, 0.25) is 0 Å². The fourth-order valence-electron chi connectivity index (χ4n) is 1.81. The Morgan fingerprint density at radius 1 is 1.41 bits per heavy atom. The SMILES string of the molecule is CCCC1CC1.Cc1nc(N)nc2nc[nH]c12. The molecule has 0 aromatic carbocycles. The molecule has 5 heteroatoms. The summed E-state index contributed by atoms with van der Waals surface area (Å²) in [6.45, 7) is 4.12. The Balaban J connectivity index is 0.000000153. The van der Waals surface area contributed by atoms with E-state index in [1.165, 1.54) is 25.7 Å². The number of nitrogen functional groups attached to an aromatic ring is 1. The van der Waals surface area contributed by atoms with Gasteiger partial charge >= 0.3 is 0 Å². The number of aromatic nitrogens is 4. The molecule has 1 aliphatic rings. The number of H-pyrrole nitrogens is 1. The van der Waals surface area contributed by atoms with Crippen molar-refractivity contribution in [1.82, 2.24) is 19.9 Å². The highest BCUT2D eigenvalue weighted by atomic mass is 15.1. The fourth-order valence-corrected chi connectivity index (χ4v) is 1.81. The highest BCUT2D eigenvalue weighted by Crippen LogP contribution is 2.32. The first-order valence-electron chi connectivity index (χ1n) is 6.14. The summed E-state index contributed by atoms with van der Waals surface area (Å²) in [5.41, 5.74) is 7.70. The minimum atomic E-state index is 0.266. The summed E-state index contributed by atoms with van der Waals surface area (Å²) in [7, 11) is 0. The molecule has 1 fully saturated rings. The molecule has 0 saturated heterocycles. The van der Waals surface area contributed by atoms with Crippen molar-refractivity contribution >= 4 is 17.1 Å². The fraction of sp³-hybridized carbons (Fsp3) is 0.583. The third kappa shape index (κ3) is 3.15. The Labute approximate surface area is 101 Å². The van der Waals surface area contributed by atoms with Gasteiger partial charge in [-0.2, -0.15) is 4.98 Å². The Morgan fingerprint density at radius 2 is 2.18 bits per heavy atom. The molecular weight excluding hydrogens is 214 g/mol. The van der Waals surface area contributed by atoms with E-state index in [1.54, 1.807) is 6.33 Å². The molecule has 2 aromatic rings. The van der Waals surface area contributed by atoms with Gasteiger partial charge in [0.15, 0.2) is 5.65 Å². The van der Waals surface area contributed by atoms with Gasteiger partial charge in [-0.05, 0) is 12.8 Å². The molecule has 1 aliphatic carbocycles. The van der Waals surface area contributed by atoms with E-state index in [0.717, 1.165) is 17.1 Å². The van der Waals surface area contributed by atoms with E-state index >= 15 is 0 Å². The van der Waals surface area contributed by atoms with E-state index in [9.17, 15) is 0 Å². The van der Waals surface area contributed by atoms with Crippen LogP contribution in [-0.4, -0.2) is 19.9 Å². The predicted octanol–water partition coefficient (Wildman–Crippen LogP) is 2.44. The van der Waals surface area contributed by atoms with E-state index in [4.69, 9.17) is 5.73 Å². The number of imidazole rings is 1. The molecule has 5 nitrogen and oxygen atoms in total. The molecule has 0 spiro atoms. The number of anilines is 1. The van der Waals surface area contributed by atoms with Gasteiger partial charge in [-0.1, -0.05) is 32.6 Å². The number of fused-ring (bicyclic) bond motifs is 1. The van der Waals surface area contributed by atoms with E-state index in [0.29, 0.717) is 5.65 Å². The number of nitrogens with one attached hydrogen (secondary N) is 1. The summed E-state index contributed by atoms with van der Waals surface area (Å²) in [4.78, 5) is 14.8. The number of rotatable bonds is 2. The molecule has 0 atom stereocenters. The minimum Gasteiger partial charge on any atom is -0.368 e. The van der Waals surface area contributed by atoms with Crippen LogP contribution in [0.15, 0.2) is 6.33 Å². The van der Waals surface area contributed by atoms with Gasteiger partial charge in [-0.25, -0.2) is 9.97 Å². The lowest BCUT2D eigenvalue weighted by Gasteiger charge is -1.94. The zero-order chi connectivity index (χ0) is 12.3. The number of hydrogen-bond acceptors (Lipinski definition) is 4. The molecule has 0 unspecified atom stereocenters. The van der Waals surface area contributed by atoms with Gasteiger partial charge in [0.1, 0.15) is 5.52 Å². The molecule has 3 N–H and O–H groups in total. The zero-order valence-corrected chi connectivity index (χ0v) is 10.4. The van der Waals surface area contributed by atoms with Crippen LogP contribution in [0.25, 0.3) is 11.2 Å². The predicted molar refractivity (Wildman–Crippen MR) is 68.5 cm³/mol. The Morgan fingerprint density at radius 3 is 2.76 bits per heavy atom. The van der Waals surface area contributed by atoms with E-state index < -0.39 is 0 Å². The van der Waals surface area contributed by atoms with Gasteiger partial charge in [-0.15, -0.1) is 0 Å². The summed E-state index contributed by atoms with van der Waals surface area (Å²) in [6, 6.07) is 0. The third-order valence-corrected chi connectivity index (χ3v) is 2.88. The van der Waals surface area contributed by atoms with Crippen molar-refractivity contribution in [2.75, 3.05) is 5.73 Å². The van der Waals surface area contributed by atoms with Crippen LogP contribution in [-0.2, 0) is 0 Å². The molecule has 17 heavy (non-hydrogen) atoms. The number of aromatic amines is 1. The number of aryl methyl sites for hydroxylation is 1. The smallest absolute Gasteiger partial charge is 0.222 e. The molecule has 2 heterocycles. The van der Waals surface area contributed by atoms with Crippen molar-refractivity contribution in [2.24, 2.45) is 5.92 Å². The minimum absolute atomic E-state index is 0.266. The van der Waals surface area contributed by atoms with Crippen LogP contribution in [0.4, 0.5) is 5.95 Å². The molecule has 3 rings (SSSR count). The first-order valence-corrected chi connectivity index (χ1v) is 6.14. The van der Waals surface area contributed by atoms with Crippen molar-refractivity contribution in [3.63, 3.8) is 0 Å². The molecule has 0 amide bonds. The van der Waals surface area contributed by atoms with E-state index in [2.05, 4.69) is 26.9 Å². The van der Waals surface area contributed by atoms with Crippen LogP contribution in [0.1, 0.15) is 38.3 Å². The highest BCUT2D eigenvalue weighted by Gasteiger charge is 2.18. The van der Waals surface area contributed by atoms with Crippen molar-refractivity contribution < 1.29 is 0 Å². The maximum absolute atomic E-state index is 5.41. The van der Waals surface area contributed by atoms with Gasteiger partial charge in [0.05, 0.1) is 12.0 Å². The van der Waals surface area contributed by atoms with Crippen LogP contribution >= 0.6 is 0 Å². The van der Waals surface area contributed by atoms with Gasteiger partial charge in [0.25, 0.3) is 0 Å². The lowest BCUT2D eigenvalue weighted by molar-refractivity contribution is 0.708. The average molecular weight is 233 g/mol. The molecular formula is C12H19N5. The number of nitrogens with zero attached hydrogens (tertiary/aromatic N) is 3. The maximum Gasteiger partial charge on any atom is 0.222 e. The quantitative estimate of drug-likeness (QED) is 0.834. The zero-order valence-electron chi connectivity index (χ0n) is 10.4. The molecule has 0 bridgehead atoms. The first-order chi connectivity index (χ1) is 8.20. The van der Waals surface area contributed by atoms with Crippen molar-refractivity contribution in [3.05, 3.63) is 12.0 Å². The Kier molecular flexibility index (Phi) is 3.56. The molecule has 1 saturated carbocycles. The first kappa shape index (κ1) is 11.8. The molecule has 0 radical (unpaired) electrons. The van der Waals surface area contributed by atoms with Crippen molar-refractivity contribution in [2.45, 2.75) is 39.5 Å². The van der Waals surface area contributed by atoms with Gasteiger partial charge in [0.2, 0.25) is 5.95 Å². The maximum atomic E-state index is 5.41. The monoisotopic (exact) mass is 233 g/mol. The lowest BCUT2D eigenvalue weighted by Crippen LogP contribution is -1.96. The van der Waals surface area contributed by atoms with Gasteiger partial charge in [-0.3, -0.25) is 0 Å². The van der Waals surface area contributed by atoms with Crippen LogP contribution < -0.4 is 5.73 Å². The van der Waals surface area contributed by atoms with E-state index in [1.807, 2.05) is 6.92 Å². The second-order valence-electron chi connectivity index (χ2n) is 4.50. The van der Waals surface area contributed by atoms with Crippen LogP contribution in [0.3, 0.4) is 0 Å². The highest BCUT2D eigenvalue weighted by molar-refractivity contribution is 5.73. The summed E-state index contributed by atoms with van der Waals surface area (Å²) in [5.74, 6) is 1.41. The number of nitrogens with two attached hydrogens (primary N) is 1. The lowest BCUT2D eigenvalue weighted by atomic mass is 10.2. The molecule has 92 valence electrons.